The Kier molecular flexibility index (Phi) is 7.20. The minimum absolute atomic E-state index is 0.424. The van der Waals surface area contributed by atoms with Crippen LogP contribution in [0.4, 0.5) is 0 Å². The van der Waals surface area contributed by atoms with E-state index < -0.39 is 6.10 Å². The summed E-state index contributed by atoms with van der Waals surface area (Å²) in [6, 6.07) is 4.28. The first-order valence-corrected chi connectivity index (χ1v) is 7.68. The lowest BCUT2D eigenvalue weighted by Gasteiger charge is -2.20. The first-order valence-electron chi connectivity index (χ1n) is 7.68. The number of likely N-dealkylation sites (N-methyl/N-ethyl adjacent to an activating group) is 1. The topological polar surface area (TPSA) is 35.5 Å². The van der Waals surface area contributed by atoms with E-state index in [1.165, 1.54) is 16.7 Å². The van der Waals surface area contributed by atoms with Crippen molar-refractivity contribution in [2.45, 2.75) is 40.7 Å². The Hall–Kier alpha value is -0.900. The van der Waals surface area contributed by atoms with E-state index in [0.717, 1.165) is 31.7 Å². The third-order valence-electron chi connectivity index (χ3n) is 3.91. The second-order valence-corrected chi connectivity index (χ2v) is 5.56. The fraction of sp³-hybridized carbons (Fsp3) is 0.647. The van der Waals surface area contributed by atoms with Crippen molar-refractivity contribution >= 4 is 0 Å². The molecule has 3 nitrogen and oxygen atoms in total. The molecule has 0 aliphatic heterocycles. The van der Waals surface area contributed by atoms with Crippen LogP contribution in [0.5, 0.6) is 0 Å². The van der Waals surface area contributed by atoms with Gasteiger partial charge in [0.25, 0.3) is 0 Å². The van der Waals surface area contributed by atoms with Gasteiger partial charge in [0, 0.05) is 19.6 Å². The Bertz CT molecular complexity index is 390. The molecule has 1 aromatic carbocycles. The molecule has 0 bridgehead atoms. The predicted octanol–water partition coefficient (Wildman–Crippen LogP) is 2.58. The number of aliphatic hydroxyl groups is 1. The molecule has 0 aliphatic carbocycles. The monoisotopic (exact) mass is 278 g/mol. The van der Waals surface area contributed by atoms with Crippen LogP contribution in [0.3, 0.4) is 0 Å². The van der Waals surface area contributed by atoms with E-state index in [0.29, 0.717) is 6.54 Å². The van der Waals surface area contributed by atoms with E-state index in [4.69, 9.17) is 0 Å². The summed E-state index contributed by atoms with van der Waals surface area (Å²) in [4.78, 5) is 2.38. The molecule has 1 aromatic rings. The highest BCUT2D eigenvalue weighted by atomic mass is 16.3. The number of nitrogens with zero attached hydrogens (tertiary/aromatic N) is 1. The van der Waals surface area contributed by atoms with Crippen LogP contribution in [0.2, 0.25) is 0 Å². The van der Waals surface area contributed by atoms with E-state index in [2.05, 4.69) is 57.0 Å². The standard InChI is InChI=1S/C17H30N2O/c1-6-19(7-2)9-8-18-12-16(20)17-14(4)10-13(3)11-15(17)5/h10-11,16,18,20H,6-9,12H2,1-5H3. The van der Waals surface area contributed by atoms with Crippen LogP contribution < -0.4 is 5.32 Å². The summed E-state index contributed by atoms with van der Waals surface area (Å²) in [5.41, 5.74) is 4.69. The zero-order valence-corrected chi connectivity index (χ0v) is 13.7. The van der Waals surface area contributed by atoms with Gasteiger partial charge in [-0.25, -0.2) is 0 Å². The largest absolute Gasteiger partial charge is 0.387 e. The SMILES string of the molecule is CCN(CC)CCNCC(O)c1c(C)cc(C)cc1C. The number of aliphatic hydroxyl groups excluding tert-OH is 1. The zero-order valence-electron chi connectivity index (χ0n) is 13.7. The summed E-state index contributed by atoms with van der Waals surface area (Å²) in [5.74, 6) is 0. The second kappa shape index (κ2) is 8.40. The van der Waals surface area contributed by atoms with Gasteiger partial charge < -0.3 is 15.3 Å². The van der Waals surface area contributed by atoms with Gasteiger partial charge in [0.15, 0.2) is 0 Å². The average molecular weight is 278 g/mol. The summed E-state index contributed by atoms with van der Waals surface area (Å²) in [6.45, 7) is 15.3. The molecule has 0 saturated heterocycles. The summed E-state index contributed by atoms with van der Waals surface area (Å²) in [5, 5.41) is 13.7. The molecule has 1 rings (SSSR count). The maximum Gasteiger partial charge on any atom is 0.0919 e. The second-order valence-electron chi connectivity index (χ2n) is 5.56. The first-order chi connectivity index (χ1) is 9.49. The van der Waals surface area contributed by atoms with Crippen LogP contribution in [0.15, 0.2) is 12.1 Å². The van der Waals surface area contributed by atoms with Crippen molar-refractivity contribution < 1.29 is 5.11 Å². The minimum atomic E-state index is -0.424. The number of hydrogen-bond donors (Lipinski definition) is 2. The van der Waals surface area contributed by atoms with Crippen molar-refractivity contribution in [1.29, 1.82) is 0 Å². The van der Waals surface area contributed by atoms with Crippen molar-refractivity contribution in [3.05, 3.63) is 34.4 Å². The highest BCUT2D eigenvalue weighted by Gasteiger charge is 2.13. The number of aryl methyl sites for hydroxylation is 3. The molecule has 0 radical (unpaired) electrons. The van der Waals surface area contributed by atoms with Crippen molar-refractivity contribution in [2.24, 2.45) is 0 Å². The number of hydrogen-bond acceptors (Lipinski definition) is 3. The van der Waals surface area contributed by atoms with Crippen molar-refractivity contribution in [2.75, 3.05) is 32.7 Å². The zero-order chi connectivity index (χ0) is 15.1. The van der Waals surface area contributed by atoms with Crippen LogP contribution in [0, 0.1) is 20.8 Å². The maximum absolute atomic E-state index is 10.4. The van der Waals surface area contributed by atoms with Gasteiger partial charge in [-0.1, -0.05) is 31.5 Å². The van der Waals surface area contributed by atoms with Gasteiger partial charge in [-0.05, 0) is 50.6 Å². The molecule has 3 heteroatoms. The Morgan fingerprint density at radius 2 is 1.65 bits per heavy atom. The van der Waals surface area contributed by atoms with Crippen molar-refractivity contribution in [3.63, 3.8) is 0 Å². The van der Waals surface area contributed by atoms with Gasteiger partial charge in [-0.15, -0.1) is 0 Å². The van der Waals surface area contributed by atoms with Crippen LogP contribution in [0.1, 0.15) is 42.2 Å². The van der Waals surface area contributed by atoms with Crippen molar-refractivity contribution in [3.8, 4) is 0 Å². The number of nitrogens with one attached hydrogen (secondary N) is 1. The molecule has 0 aliphatic rings. The fourth-order valence-corrected chi connectivity index (χ4v) is 2.83. The number of benzene rings is 1. The molecule has 20 heavy (non-hydrogen) atoms. The van der Waals surface area contributed by atoms with Gasteiger partial charge in [-0.2, -0.15) is 0 Å². The summed E-state index contributed by atoms with van der Waals surface area (Å²) >= 11 is 0. The maximum atomic E-state index is 10.4. The van der Waals surface area contributed by atoms with E-state index in [-0.39, 0.29) is 0 Å². The lowest BCUT2D eigenvalue weighted by molar-refractivity contribution is 0.171. The molecular formula is C17H30N2O. The molecule has 0 fully saturated rings. The molecular weight excluding hydrogens is 248 g/mol. The Labute approximate surface area is 124 Å². The first kappa shape index (κ1) is 17.2. The lowest BCUT2D eigenvalue weighted by Crippen LogP contribution is -2.33. The minimum Gasteiger partial charge on any atom is -0.387 e. The third-order valence-corrected chi connectivity index (χ3v) is 3.91. The van der Waals surface area contributed by atoms with Gasteiger partial charge in [0.05, 0.1) is 6.10 Å². The molecule has 1 unspecified atom stereocenters. The number of rotatable bonds is 8. The van der Waals surface area contributed by atoms with Crippen LogP contribution >= 0.6 is 0 Å². The highest BCUT2D eigenvalue weighted by molar-refractivity contribution is 5.39. The van der Waals surface area contributed by atoms with E-state index in [1.54, 1.807) is 0 Å². The van der Waals surface area contributed by atoms with Crippen LogP contribution in [0.25, 0.3) is 0 Å². The molecule has 0 amide bonds. The van der Waals surface area contributed by atoms with E-state index >= 15 is 0 Å². The molecule has 0 spiro atoms. The molecule has 0 saturated carbocycles. The van der Waals surface area contributed by atoms with Crippen LogP contribution in [-0.2, 0) is 0 Å². The Morgan fingerprint density at radius 1 is 1.10 bits per heavy atom. The van der Waals surface area contributed by atoms with Crippen LogP contribution in [-0.4, -0.2) is 42.7 Å². The third kappa shape index (κ3) is 4.89. The molecule has 2 N–H and O–H groups in total. The normalized spacial score (nSPS) is 12.9. The molecule has 0 heterocycles. The highest BCUT2D eigenvalue weighted by Crippen LogP contribution is 2.22. The summed E-state index contributed by atoms with van der Waals surface area (Å²) in [7, 11) is 0. The summed E-state index contributed by atoms with van der Waals surface area (Å²) in [6.07, 6.45) is -0.424. The van der Waals surface area contributed by atoms with Crippen molar-refractivity contribution in [1.82, 2.24) is 10.2 Å². The quantitative estimate of drug-likeness (QED) is 0.718. The van der Waals surface area contributed by atoms with E-state index in [1.807, 2.05) is 0 Å². The fourth-order valence-electron chi connectivity index (χ4n) is 2.83. The smallest absolute Gasteiger partial charge is 0.0919 e. The Balaban J connectivity index is 2.49. The van der Waals surface area contributed by atoms with Gasteiger partial charge in [0.2, 0.25) is 0 Å². The average Bonchev–Trinajstić information content (AvgIpc) is 2.37. The summed E-state index contributed by atoms with van der Waals surface area (Å²) < 4.78 is 0. The van der Waals surface area contributed by atoms with E-state index in [9.17, 15) is 5.11 Å². The van der Waals surface area contributed by atoms with Gasteiger partial charge in [-0.3, -0.25) is 0 Å². The van der Waals surface area contributed by atoms with Gasteiger partial charge >= 0.3 is 0 Å². The van der Waals surface area contributed by atoms with Gasteiger partial charge in [0.1, 0.15) is 0 Å². The Morgan fingerprint density at radius 3 is 2.15 bits per heavy atom. The molecule has 0 aromatic heterocycles. The predicted molar refractivity (Wildman–Crippen MR) is 86.3 cm³/mol. The molecule has 114 valence electrons. The molecule has 1 atom stereocenters. The lowest BCUT2D eigenvalue weighted by atomic mass is 9.95.